The number of thioether (sulfide) groups is 1. The Morgan fingerprint density at radius 2 is 2.03 bits per heavy atom. The van der Waals surface area contributed by atoms with E-state index in [0.29, 0.717) is 30.2 Å². The zero-order valence-electron chi connectivity index (χ0n) is 18.3. The third-order valence-corrected chi connectivity index (χ3v) is 5.55. The highest BCUT2D eigenvalue weighted by Crippen LogP contribution is 2.24. The summed E-state index contributed by atoms with van der Waals surface area (Å²) in [6.07, 6.45) is 4.34. The number of nitrogens with one attached hydrogen (secondary N) is 1. The van der Waals surface area contributed by atoms with Gasteiger partial charge in [0.25, 0.3) is 5.91 Å². The van der Waals surface area contributed by atoms with E-state index in [1.54, 1.807) is 12.3 Å². The molecule has 0 radical (unpaired) electrons. The van der Waals surface area contributed by atoms with E-state index in [-0.39, 0.29) is 5.91 Å². The highest BCUT2D eigenvalue weighted by molar-refractivity contribution is 7.98. The molecule has 3 aromatic rings. The van der Waals surface area contributed by atoms with Crippen LogP contribution in [0.4, 0.5) is 5.82 Å². The first kappa shape index (κ1) is 22.8. The van der Waals surface area contributed by atoms with Crippen LogP contribution in [0.3, 0.4) is 0 Å². The molecule has 0 fully saturated rings. The topological polar surface area (TPSA) is 84.2 Å². The summed E-state index contributed by atoms with van der Waals surface area (Å²) < 4.78 is 5.73. The monoisotopic (exact) mass is 439 g/mol. The fourth-order valence-electron chi connectivity index (χ4n) is 3.00. The van der Waals surface area contributed by atoms with Gasteiger partial charge in [-0.25, -0.2) is 9.97 Å². The van der Waals surface area contributed by atoms with Gasteiger partial charge in [0.15, 0.2) is 10.9 Å². The number of aryl methyl sites for hydroxylation is 1. The molecule has 0 unspecified atom stereocenters. The summed E-state index contributed by atoms with van der Waals surface area (Å²) in [5.41, 5.74) is 1.96. The summed E-state index contributed by atoms with van der Waals surface area (Å²) in [4.78, 5) is 28.0. The number of furan rings is 1. The van der Waals surface area contributed by atoms with Crippen molar-refractivity contribution in [2.75, 3.05) is 25.0 Å². The Morgan fingerprint density at radius 3 is 2.77 bits per heavy atom. The Hall–Kier alpha value is -2.87. The molecular weight excluding hydrogens is 410 g/mol. The molecule has 0 saturated carbocycles. The number of pyridine rings is 1. The van der Waals surface area contributed by atoms with E-state index in [1.807, 2.05) is 37.4 Å². The number of nitrogens with zero attached hydrogens (tertiary/aromatic N) is 4. The van der Waals surface area contributed by atoms with Gasteiger partial charge in [0.1, 0.15) is 11.6 Å². The minimum atomic E-state index is -0.222. The largest absolute Gasteiger partial charge is 0.455 e. The SMILES string of the molecule is CCCN(C)c1cc(CC)nc(SCc2ccc(C(=O)NCCc3ccccn3)o2)n1. The number of hydrogen-bond acceptors (Lipinski definition) is 7. The fourth-order valence-corrected chi connectivity index (χ4v) is 3.77. The summed E-state index contributed by atoms with van der Waals surface area (Å²) in [7, 11) is 2.05. The van der Waals surface area contributed by atoms with E-state index < -0.39 is 0 Å². The summed E-state index contributed by atoms with van der Waals surface area (Å²) in [6.45, 7) is 5.69. The third-order valence-electron chi connectivity index (χ3n) is 4.68. The van der Waals surface area contributed by atoms with Crippen molar-refractivity contribution >= 4 is 23.5 Å². The molecular formula is C23H29N5O2S. The highest BCUT2D eigenvalue weighted by Gasteiger charge is 2.13. The van der Waals surface area contributed by atoms with Gasteiger partial charge >= 0.3 is 0 Å². The molecule has 0 atom stereocenters. The van der Waals surface area contributed by atoms with E-state index in [4.69, 9.17) is 4.42 Å². The highest BCUT2D eigenvalue weighted by atomic mass is 32.2. The number of amides is 1. The number of carbonyl (C=O) groups excluding carboxylic acids is 1. The summed E-state index contributed by atoms with van der Waals surface area (Å²) in [6, 6.07) is 11.3. The zero-order valence-corrected chi connectivity index (χ0v) is 19.1. The van der Waals surface area contributed by atoms with Crippen LogP contribution in [0.2, 0.25) is 0 Å². The van der Waals surface area contributed by atoms with Crippen molar-refractivity contribution in [1.29, 1.82) is 0 Å². The van der Waals surface area contributed by atoms with Crippen molar-refractivity contribution in [3.05, 3.63) is 65.5 Å². The predicted molar refractivity (Wildman–Crippen MR) is 124 cm³/mol. The van der Waals surface area contributed by atoms with Gasteiger partial charge in [0.05, 0.1) is 5.75 Å². The second kappa shape index (κ2) is 11.5. The Kier molecular flexibility index (Phi) is 8.46. The van der Waals surface area contributed by atoms with Crippen LogP contribution in [0.25, 0.3) is 0 Å². The Bertz CT molecular complexity index is 977. The van der Waals surface area contributed by atoms with E-state index >= 15 is 0 Å². The normalized spacial score (nSPS) is 10.8. The van der Waals surface area contributed by atoms with Crippen LogP contribution < -0.4 is 10.2 Å². The predicted octanol–water partition coefficient (Wildman–Crippen LogP) is 4.14. The van der Waals surface area contributed by atoms with Crippen LogP contribution in [-0.4, -0.2) is 41.0 Å². The lowest BCUT2D eigenvalue weighted by Crippen LogP contribution is -2.25. The van der Waals surface area contributed by atoms with Crippen LogP contribution in [0.15, 0.2) is 52.2 Å². The van der Waals surface area contributed by atoms with Gasteiger partial charge < -0.3 is 14.6 Å². The zero-order chi connectivity index (χ0) is 22.1. The van der Waals surface area contributed by atoms with E-state index in [1.165, 1.54) is 11.8 Å². The summed E-state index contributed by atoms with van der Waals surface area (Å²) >= 11 is 1.51. The lowest BCUT2D eigenvalue weighted by molar-refractivity contribution is 0.0925. The second-order valence-electron chi connectivity index (χ2n) is 7.16. The van der Waals surface area contributed by atoms with Crippen LogP contribution in [0, 0.1) is 0 Å². The molecule has 31 heavy (non-hydrogen) atoms. The molecule has 3 aromatic heterocycles. The smallest absolute Gasteiger partial charge is 0.287 e. The van der Waals surface area contributed by atoms with Gasteiger partial charge in [0.2, 0.25) is 0 Å². The van der Waals surface area contributed by atoms with Gasteiger partial charge in [-0.15, -0.1) is 0 Å². The van der Waals surface area contributed by atoms with Gasteiger partial charge in [-0.2, -0.15) is 0 Å². The molecule has 164 valence electrons. The van der Waals surface area contributed by atoms with Crippen molar-refractivity contribution in [1.82, 2.24) is 20.3 Å². The molecule has 7 nitrogen and oxygen atoms in total. The third kappa shape index (κ3) is 6.82. The number of rotatable bonds is 11. The minimum Gasteiger partial charge on any atom is -0.455 e. The molecule has 3 rings (SSSR count). The number of carbonyl (C=O) groups is 1. The molecule has 0 bridgehead atoms. The quantitative estimate of drug-likeness (QED) is 0.355. The number of hydrogen-bond donors (Lipinski definition) is 1. The Labute approximate surface area is 187 Å². The van der Waals surface area contributed by atoms with Crippen LogP contribution in [0.5, 0.6) is 0 Å². The molecule has 0 spiro atoms. The standard InChI is InChI=1S/C23H29N5O2S/c1-4-14-28(3)21-15-17(5-2)26-23(27-21)31-16-19-9-10-20(30-19)22(29)25-13-11-18-8-6-7-12-24-18/h6-10,12,15H,4-5,11,13-14,16H2,1-3H3,(H,25,29). The van der Waals surface area contributed by atoms with E-state index in [0.717, 1.165) is 41.7 Å². The molecule has 3 heterocycles. The molecule has 0 saturated heterocycles. The minimum absolute atomic E-state index is 0.222. The van der Waals surface area contributed by atoms with Gasteiger partial charge in [-0.1, -0.05) is 31.7 Å². The van der Waals surface area contributed by atoms with Crippen molar-refractivity contribution in [2.24, 2.45) is 0 Å². The summed E-state index contributed by atoms with van der Waals surface area (Å²) in [5.74, 6) is 2.30. The average molecular weight is 440 g/mol. The van der Waals surface area contributed by atoms with Crippen molar-refractivity contribution in [2.45, 2.75) is 44.0 Å². The van der Waals surface area contributed by atoms with Crippen LogP contribution in [-0.2, 0) is 18.6 Å². The van der Waals surface area contributed by atoms with E-state index in [2.05, 4.69) is 39.0 Å². The molecule has 0 aromatic carbocycles. The first-order chi connectivity index (χ1) is 15.1. The van der Waals surface area contributed by atoms with Gasteiger partial charge in [0, 0.05) is 50.2 Å². The number of aromatic nitrogens is 3. The lowest BCUT2D eigenvalue weighted by atomic mass is 10.2. The summed E-state index contributed by atoms with van der Waals surface area (Å²) in [5, 5.41) is 3.59. The lowest BCUT2D eigenvalue weighted by Gasteiger charge is -2.18. The fraction of sp³-hybridized carbons (Fsp3) is 0.391. The molecule has 0 aliphatic rings. The Morgan fingerprint density at radius 1 is 1.16 bits per heavy atom. The maximum atomic E-state index is 12.3. The van der Waals surface area contributed by atoms with Gasteiger partial charge in [-0.05, 0) is 37.1 Å². The van der Waals surface area contributed by atoms with Crippen molar-refractivity contribution in [3.8, 4) is 0 Å². The molecule has 0 aliphatic heterocycles. The first-order valence-corrected chi connectivity index (χ1v) is 11.6. The average Bonchev–Trinajstić information content (AvgIpc) is 3.27. The first-order valence-electron chi connectivity index (χ1n) is 10.6. The van der Waals surface area contributed by atoms with Crippen molar-refractivity contribution in [3.63, 3.8) is 0 Å². The maximum Gasteiger partial charge on any atom is 0.287 e. The molecule has 1 amide bonds. The van der Waals surface area contributed by atoms with Crippen molar-refractivity contribution < 1.29 is 9.21 Å². The van der Waals surface area contributed by atoms with Crippen LogP contribution in [0.1, 0.15) is 48.0 Å². The molecule has 8 heteroatoms. The Balaban J connectivity index is 1.54. The van der Waals surface area contributed by atoms with Crippen LogP contribution >= 0.6 is 11.8 Å². The molecule has 1 N–H and O–H groups in total. The van der Waals surface area contributed by atoms with Gasteiger partial charge in [-0.3, -0.25) is 9.78 Å². The maximum absolute atomic E-state index is 12.3. The second-order valence-corrected chi connectivity index (χ2v) is 8.10. The van der Waals surface area contributed by atoms with E-state index in [9.17, 15) is 4.79 Å². The molecule has 0 aliphatic carbocycles. The number of anilines is 1.